The SMILES string of the molecule is O=C(c1cc(=O)c2ccccc2o1)N1CCC[C@H]1CN1CCCC1. The first kappa shape index (κ1) is 15.4. The number of rotatable bonds is 3. The first-order chi connectivity index (χ1) is 11.7. The minimum atomic E-state index is -0.157. The fraction of sp³-hybridized carbons (Fsp3) is 0.474. The van der Waals surface area contributed by atoms with Crippen LogP contribution < -0.4 is 5.43 Å². The average Bonchev–Trinajstić information content (AvgIpc) is 3.26. The number of amides is 1. The third-order valence-electron chi connectivity index (χ3n) is 5.15. The van der Waals surface area contributed by atoms with Gasteiger partial charge in [-0.25, -0.2) is 0 Å². The summed E-state index contributed by atoms with van der Waals surface area (Å²) in [6, 6.07) is 8.64. The van der Waals surface area contributed by atoms with Crippen molar-refractivity contribution in [3.05, 3.63) is 46.3 Å². The van der Waals surface area contributed by atoms with Gasteiger partial charge in [0.15, 0.2) is 11.2 Å². The monoisotopic (exact) mass is 326 g/mol. The van der Waals surface area contributed by atoms with Crippen LogP contribution in [-0.2, 0) is 0 Å². The van der Waals surface area contributed by atoms with E-state index in [1.54, 1.807) is 18.2 Å². The van der Waals surface area contributed by atoms with Crippen LogP contribution in [0.5, 0.6) is 0 Å². The Labute approximate surface area is 140 Å². The minimum absolute atomic E-state index is 0.153. The highest BCUT2D eigenvalue weighted by Gasteiger charge is 2.32. The smallest absolute Gasteiger partial charge is 0.290 e. The third kappa shape index (κ3) is 2.84. The normalized spacial score (nSPS) is 21.7. The molecule has 5 heteroatoms. The predicted octanol–water partition coefficient (Wildman–Crippen LogP) is 2.49. The zero-order valence-corrected chi connectivity index (χ0v) is 13.7. The molecule has 0 radical (unpaired) electrons. The van der Waals surface area contributed by atoms with Gasteiger partial charge >= 0.3 is 0 Å². The molecule has 4 rings (SSSR count). The molecule has 0 aliphatic carbocycles. The van der Waals surface area contributed by atoms with Crippen LogP contribution in [0.4, 0.5) is 0 Å². The molecule has 2 saturated heterocycles. The van der Waals surface area contributed by atoms with E-state index in [0.717, 1.165) is 39.0 Å². The van der Waals surface area contributed by atoms with Gasteiger partial charge in [-0.3, -0.25) is 9.59 Å². The lowest BCUT2D eigenvalue weighted by Gasteiger charge is -2.28. The van der Waals surface area contributed by atoms with Gasteiger partial charge in [0.05, 0.1) is 5.39 Å². The number of carbonyl (C=O) groups is 1. The van der Waals surface area contributed by atoms with Crippen LogP contribution in [0.3, 0.4) is 0 Å². The molecule has 24 heavy (non-hydrogen) atoms. The maximum absolute atomic E-state index is 12.9. The molecule has 1 aromatic heterocycles. The van der Waals surface area contributed by atoms with Gasteiger partial charge in [-0.2, -0.15) is 0 Å². The van der Waals surface area contributed by atoms with Gasteiger partial charge in [-0.1, -0.05) is 12.1 Å². The van der Waals surface area contributed by atoms with Gasteiger partial charge in [-0.05, 0) is 50.9 Å². The fourth-order valence-electron chi connectivity index (χ4n) is 3.91. The second-order valence-electron chi connectivity index (χ2n) is 6.77. The molecule has 2 aromatic rings. The Balaban J connectivity index is 1.59. The number of fused-ring (bicyclic) bond motifs is 1. The summed E-state index contributed by atoms with van der Waals surface area (Å²) in [4.78, 5) is 29.5. The van der Waals surface area contributed by atoms with Gasteiger partial charge < -0.3 is 14.2 Å². The quantitative estimate of drug-likeness (QED) is 0.869. The van der Waals surface area contributed by atoms with Crippen LogP contribution in [0.1, 0.15) is 36.2 Å². The Morgan fingerprint density at radius 3 is 2.75 bits per heavy atom. The van der Waals surface area contributed by atoms with Crippen LogP contribution in [0.2, 0.25) is 0 Å². The van der Waals surface area contributed by atoms with E-state index >= 15 is 0 Å². The van der Waals surface area contributed by atoms with E-state index in [1.807, 2.05) is 11.0 Å². The Bertz CT molecular complexity index is 808. The van der Waals surface area contributed by atoms with Crippen molar-refractivity contribution in [1.29, 1.82) is 0 Å². The Morgan fingerprint density at radius 2 is 1.92 bits per heavy atom. The Hall–Kier alpha value is -2.14. The van der Waals surface area contributed by atoms with E-state index in [9.17, 15) is 9.59 Å². The maximum Gasteiger partial charge on any atom is 0.290 e. The average molecular weight is 326 g/mol. The first-order valence-electron chi connectivity index (χ1n) is 8.78. The molecule has 1 aromatic carbocycles. The first-order valence-corrected chi connectivity index (χ1v) is 8.78. The Morgan fingerprint density at radius 1 is 1.12 bits per heavy atom. The van der Waals surface area contributed by atoms with Crippen molar-refractivity contribution in [1.82, 2.24) is 9.80 Å². The summed E-state index contributed by atoms with van der Waals surface area (Å²) in [5, 5.41) is 0.518. The summed E-state index contributed by atoms with van der Waals surface area (Å²) in [5.74, 6) is 0.00609. The van der Waals surface area contributed by atoms with Crippen LogP contribution in [0, 0.1) is 0 Å². The van der Waals surface area contributed by atoms with E-state index in [4.69, 9.17) is 4.42 Å². The van der Waals surface area contributed by atoms with Crippen molar-refractivity contribution >= 4 is 16.9 Å². The maximum atomic E-state index is 12.9. The number of carbonyl (C=O) groups excluding carboxylic acids is 1. The molecule has 0 saturated carbocycles. The number of hydrogen-bond donors (Lipinski definition) is 0. The van der Waals surface area contributed by atoms with Gasteiger partial charge in [0, 0.05) is 25.2 Å². The molecule has 2 aliphatic heterocycles. The molecule has 1 atom stereocenters. The zero-order valence-electron chi connectivity index (χ0n) is 13.7. The molecule has 0 N–H and O–H groups in total. The second kappa shape index (κ2) is 6.40. The summed E-state index contributed by atoms with van der Waals surface area (Å²) in [6.45, 7) is 3.94. The van der Waals surface area contributed by atoms with Crippen molar-refractivity contribution in [2.75, 3.05) is 26.2 Å². The van der Waals surface area contributed by atoms with Gasteiger partial charge in [0.25, 0.3) is 5.91 Å². The highest BCUT2D eigenvalue weighted by atomic mass is 16.3. The lowest BCUT2D eigenvalue weighted by atomic mass is 10.2. The van der Waals surface area contributed by atoms with Crippen LogP contribution in [-0.4, -0.2) is 47.9 Å². The molecule has 3 heterocycles. The van der Waals surface area contributed by atoms with Crippen LogP contribution in [0.15, 0.2) is 39.5 Å². The molecule has 1 amide bonds. The molecule has 0 bridgehead atoms. The van der Waals surface area contributed by atoms with E-state index in [0.29, 0.717) is 11.0 Å². The lowest BCUT2D eigenvalue weighted by Crippen LogP contribution is -2.42. The molecule has 0 spiro atoms. The van der Waals surface area contributed by atoms with Crippen molar-refractivity contribution < 1.29 is 9.21 Å². The molecule has 2 fully saturated rings. The summed E-state index contributed by atoms with van der Waals surface area (Å²) < 4.78 is 5.73. The van der Waals surface area contributed by atoms with Crippen LogP contribution >= 0.6 is 0 Å². The van der Waals surface area contributed by atoms with Gasteiger partial charge in [0.1, 0.15) is 5.58 Å². The van der Waals surface area contributed by atoms with E-state index < -0.39 is 0 Å². The molecular formula is C19H22N2O3. The van der Waals surface area contributed by atoms with Crippen LogP contribution in [0.25, 0.3) is 11.0 Å². The largest absolute Gasteiger partial charge is 0.451 e. The Kier molecular flexibility index (Phi) is 4.10. The molecule has 126 valence electrons. The molecule has 5 nitrogen and oxygen atoms in total. The lowest BCUT2D eigenvalue weighted by molar-refractivity contribution is 0.0677. The number of likely N-dealkylation sites (tertiary alicyclic amines) is 2. The number of benzene rings is 1. The highest BCUT2D eigenvalue weighted by molar-refractivity contribution is 5.93. The zero-order chi connectivity index (χ0) is 16.5. The summed E-state index contributed by atoms with van der Waals surface area (Å²) in [7, 11) is 0. The topological polar surface area (TPSA) is 53.8 Å². The third-order valence-corrected chi connectivity index (χ3v) is 5.15. The minimum Gasteiger partial charge on any atom is -0.451 e. The highest BCUT2D eigenvalue weighted by Crippen LogP contribution is 2.23. The summed E-state index contributed by atoms with van der Waals surface area (Å²) in [5.41, 5.74) is 0.319. The summed E-state index contributed by atoms with van der Waals surface area (Å²) in [6.07, 6.45) is 4.54. The summed E-state index contributed by atoms with van der Waals surface area (Å²) >= 11 is 0. The van der Waals surface area contributed by atoms with E-state index in [2.05, 4.69) is 4.90 Å². The van der Waals surface area contributed by atoms with Gasteiger partial charge in [0.2, 0.25) is 0 Å². The number of para-hydroxylation sites is 1. The number of nitrogens with zero attached hydrogens (tertiary/aromatic N) is 2. The predicted molar refractivity (Wildman–Crippen MR) is 92.2 cm³/mol. The standard InChI is InChI=1S/C19H22N2O3/c22-16-12-18(24-17-8-2-1-7-15(16)17)19(23)21-11-5-6-14(21)13-20-9-3-4-10-20/h1-2,7-8,12,14H,3-6,9-11,13H2/t14-/m0/s1. The molecule has 0 unspecified atom stereocenters. The van der Waals surface area contributed by atoms with Crippen molar-refractivity contribution in [2.45, 2.75) is 31.7 Å². The van der Waals surface area contributed by atoms with Crippen molar-refractivity contribution in [2.24, 2.45) is 0 Å². The van der Waals surface area contributed by atoms with E-state index in [-0.39, 0.29) is 23.1 Å². The van der Waals surface area contributed by atoms with E-state index in [1.165, 1.54) is 18.9 Å². The number of hydrogen-bond acceptors (Lipinski definition) is 4. The molecule has 2 aliphatic rings. The molecular weight excluding hydrogens is 304 g/mol. The van der Waals surface area contributed by atoms with Gasteiger partial charge in [-0.15, -0.1) is 0 Å². The van der Waals surface area contributed by atoms with Crippen molar-refractivity contribution in [3.8, 4) is 0 Å². The van der Waals surface area contributed by atoms with Crippen molar-refractivity contribution in [3.63, 3.8) is 0 Å². The second-order valence-corrected chi connectivity index (χ2v) is 6.77. The fourth-order valence-corrected chi connectivity index (χ4v) is 3.91.